The molecule has 0 spiro atoms. The van der Waals surface area contributed by atoms with Crippen molar-refractivity contribution in [3.63, 3.8) is 0 Å². The summed E-state index contributed by atoms with van der Waals surface area (Å²) in [6.07, 6.45) is 4.81. The Morgan fingerprint density at radius 2 is 1.69 bits per heavy atom. The molecule has 2 heterocycles. The molecule has 5 heteroatoms. The van der Waals surface area contributed by atoms with E-state index in [4.69, 9.17) is 4.74 Å². The SMILES string of the molecule is COc1ccc([C@H](CC(=O)N2CCCCCC2)N2Cc3ccccc3C2=O)cc1. The largest absolute Gasteiger partial charge is 0.497 e. The Morgan fingerprint density at radius 3 is 2.34 bits per heavy atom. The maximum Gasteiger partial charge on any atom is 0.255 e. The molecule has 0 aliphatic carbocycles. The summed E-state index contributed by atoms with van der Waals surface area (Å²) in [5.41, 5.74) is 2.74. The molecule has 0 saturated carbocycles. The van der Waals surface area contributed by atoms with Crippen LogP contribution in [-0.4, -0.2) is 41.8 Å². The van der Waals surface area contributed by atoms with E-state index in [1.807, 2.05) is 58.3 Å². The van der Waals surface area contributed by atoms with Crippen LogP contribution in [0.3, 0.4) is 0 Å². The zero-order chi connectivity index (χ0) is 20.2. The first-order valence-electron chi connectivity index (χ1n) is 10.5. The maximum atomic E-state index is 13.2. The highest BCUT2D eigenvalue weighted by molar-refractivity contribution is 5.98. The molecule has 2 aliphatic rings. The van der Waals surface area contributed by atoms with E-state index < -0.39 is 0 Å². The average Bonchev–Trinajstić information content (AvgIpc) is 2.93. The van der Waals surface area contributed by atoms with Gasteiger partial charge in [0.05, 0.1) is 19.6 Å². The summed E-state index contributed by atoms with van der Waals surface area (Å²) in [5, 5.41) is 0. The van der Waals surface area contributed by atoms with Gasteiger partial charge in [-0.15, -0.1) is 0 Å². The minimum atomic E-state index is -0.281. The number of hydrogen-bond donors (Lipinski definition) is 0. The number of amides is 2. The van der Waals surface area contributed by atoms with Gasteiger partial charge in [0.15, 0.2) is 0 Å². The minimum absolute atomic E-state index is 0.00471. The monoisotopic (exact) mass is 392 g/mol. The number of likely N-dealkylation sites (tertiary alicyclic amines) is 1. The van der Waals surface area contributed by atoms with Crippen LogP contribution in [0.5, 0.6) is 5.75 Å². The van der Waals surface area contributed by atoms with Crippen LogP contribution in [0.25, 0.3) is 0 Å². The summed E-state index contributed by atoms with van der Waals surface area (Å²) in [6.45, 7) is 2.18. The second-order valence-electron chi connectivity index (χ2n) is 7.88. The van der Waals surface area contributed by atoms with Gasteiger partial charge in [-0.3, -0.25) is 9.59 Å². The van der Waals surface area contributed by atoms with Crippen molar-refractivity contribution in [2.75, 3.05) is 20.2 Å². The van der Waals surface area contributed by atoms with E-state index in [-0.39, 0.29) is 17.9 Å². The Hall–Kier alpha value is -2.82. The van der Waals surface area contributed by atoms with Gasteiger partial charge < -0.3 is 14.5 Å². The maximum absolute atomic E-state index is 13.2. The summed E-state index contributed by atoms with van der Waals surface area (Å²) < 4.78 is 5.28. The lowest BCUT2D eigenvalue weighted by atomic mass is 10.0. The van der Waals surface area contributed by atoms with E-state index in [0.717, 1.165) is 48.4 Å². The third-order valence-electron chi connectivity index (χ3n) is 6.05. The summed E-state index contributed by atoms with van der Waals surface area (Å²) in [4.78, 5) is 30.1. The van der Waals surface area contributed by atoms with Crippen LogP contribution in [0.1, 0.15) is 59.6 Å². The first-order valence-corrected chi connectivity index (χ1v) is 10.5. The third-order valence-corrected chi connectivity index (χ3v) is 6.05. The smallest absolute Gasteiger partial charge is 0.255 e. The van der Waals surface area contributed by atoms with Gasteiger partial charge in [-0.05, 0) is 42.2 Å². The van der Waals surface area contributed by atoms with Crippen molar-refractivity contribution in [2.24, 2.45) is 0 Å². The molecule has 29 heavy (non-hydrogen) atoms. The molecule has 0 aromatic heterocycles. The third kappa shape index (κ3) is 4.14. The zero-order valence-electron chi connectivity index (χ0n) is 17.0. The Kier molecular flexibility index (Phi) is 5.84. The molecule has 4 rings (SSSR count). The second-order valence-corrected chi connectivity index (χ2v) is 7.88. The quantitative estimate of drug-likeness (QED) is 0.767. The molecule has 2 aliphatic heterocycles. The van der Waals surface area contributed by atoms with Gasteiger partial charge in [-0.1, -0.05) is 43.2 Å². The number of ether oxygens (including phenoxy) is 1. The number of benzene rings is 2. The van der Waals surface area contributed by atoms with Crippen LogP contribution in [0, 0.1) is 0 Å². The number of rotatable bonds is 5. The van der Waals surface area contributed by atoms with E-state index in [9.17, 15) is 9.59 Å². The van der Waals surface area contributed by atoms with Gasteiger partial charge in [-0.25, -0.2) is 0 Å². The minimum Gasteiger partial charge on any atom is -0.497 e. The van der Waals surface area contributed by atoms with Crippen LogP contribution in [0.4, 0.5) is 0 Å². The van der Waals surface area contributed by atoms with Crippen LogP contribution < -0.4 is 4.74 Å². The summed E-state index contributed by atoms with van der Waals surface area (Å²) in [5.74, 6) is 0.906. The van der Waals surface area contributed by atoms with E-state index in [0.29, 0.717) is 13.0 Å². The molecule has 1 saturated heterocycles. The second kappa shape index (κ2) is 8.68. The van der Waals surface area contributed by atoms with Gasteiger partial charge in [-0.2, -0.15) is 0 Å². The molecule has 1 atom stereocenters. The molecule has 2 aromatic carbocycles. The molecule has 152 valence electrons. The Labute approximate surface area is 172 Å². The molecule has 5 nitrogen and oxygen atoms in total. The Balaban J connectivity index is 1.61. The highest BCUT2D eigenvalue weighted by atomic mass is 16.5. The molecular weight excluding hydrogens is 364 g/mol. The molecule has 0 radical (unpaired) electrons. The van der Waals surface area contributed by atoms with Gasteiger partial charge in [0.1, 0.15) is 5.75 Å². The average molecular weight is 392 g/mol. The normalized spacial score (nSPS) is 17.6. The predicted octanol–water partition coefficient (Wildman–Crippen LogP) is 4.19. The lowest BCUT2D eigenvalue weighted by molar-refractivity contribution is -0.132. The Bertz CT molecular complexity index is 870. The van der Waals surface area contributed by atoms with Crippen molar-refractivity contribution in [3.8, 4) is 5.75 Å². The Morgan fingerprint density at radius 1 is 1.00 bits per heavy atom. The van der Waals surface area contributed by atoms with E-state index in [2.05, 4.69) is 0 Å². The fourth-order valence-electron chi connectivity index (χ4n) is 4.38. The number of nitrogens with zero attached hydrogens (tertiary/aromatic N) is 2. The van der Waals surface area contributed by atoms with Crippen LogP contribution in [-0.2, 0) is 11.3 Å². The van der Waals surface area contributed by atoms with Crippen molar-refractivity contribution in [1.82, 2.24) is 9.80 Å². The van der Waals surface area contributed by atoms with Crippen molar-refractivity contribution in [3.05, 3.63) is 65.2 Å². The summed E-state index contributed by atoms with van der Waals surface area (Å²) in [6, 6.07) is 15.2. The molecule has 0 unspecified atom stereocenters. The zero-order valence-corrected chi connectivity index (χ0v) is 17.0. The van der Waals surface area contributed by atoms with Crippen molar-refractivity contribution < 1.29 is 14.3 Å². The standard InChI is InChI=1S/C24H28N2O3/c1-29-20-12-10-18(11-13-20)22(16-23(27)25-14-6-2-3-7-15-25)26-17-19-8-4-5-9-21(19)24(26)28/h4-5,8-13,22H,2-3,6-7,14-17H2,1H3/t22-/m0/s1. The molecule has 2 amide bonds. The molecule has 2 aromatic rings. The first-order chi connectivity index (χ1) is 14.2. The number of carbonyl (C=O) groups excluding carboxylic acids is 2. The van der Waals surface area contributed by atoms with Crippen molar-refractivity contribution in [1.29, 1.82) is 0 Å². The van der Waals surface area contributed by atoms with Gasteiger partial charge in [0.2, 0.25) is 5.91 Å². The van der Waals surface area contributed by atoms with E-state index in [1.54, 1.807) is 7.11 Å². The highest BCUT2D eigenvalue weighted by Crippen LogP contribution is 2.34. The van der Waals surface area contributed by atoms with E-state index in [1.165, 1.54) is 12.8 Å². The van der Waals surface area contributed by atoms with Gasteiger partial charge in [0, 0.05) is 25.2 Å². The topological polar surface area (TPSA) is 49.9 Å². The van der Waals surface area contributed by atoms with Crippen molar-refractivity contribution >= 4 is 11.8 Å². The lowest BCUT2D eigenvalue weighted by Crippen LogP contribution is -2.37. The summed E-state index contributed by atoms with van der Waals surface area (Å²) in [7, 11) is 1.63. The first kappa shape index (κ1) is 19.5. The number of hydrogen-bond acceptors (Lipinski definition) is 3. The fourth-order valence-corrected chi connectivity index (χ4v) is 4.38. The number of carbonyl (C=O) groups is 2. The fraction of sp³-hybridized carbons (Fsp3) is 0.417. The molecule has 0 N–H and O–H groups in total. The van der Waals surface area contributed by atoms with Crippen LogP contribution >= 0.6 is 0 Å². The molecular formula is C24H28N2O3. The molecule has 0 bridgehead atoms. The lowest BCUT2D eigenvalue weighted by Gasteiger charge is -2.30. The number of methoxy groups -OCH3 is 1. The van der Waals surface area contributed by atoms with Gasteiger partial charge in [0.25, 0.3) is 5.91 Å². The van der Waals surface area contributed by atoms with Crippen molar-refractivity contribution in [2.45, 2.75) is 44.7 Å². The van der Waals surface area contributed by atoms with Gasteiger partial charge >= 0.3 is 0 Å². The highest BCUT2D eigenvalue weighted by Gasteiger charge is 2.35. The molecule has 1 fully saturated rings. The predicted molar refractivity (Wildman–Crippen MR) is 112 cm³/mol. The van der Waals surface area contributed by atoms with Crippen LogP contribution in [0.2, 0.25) is 0 Å². The summed E-state index contributed by atoms with van der Waals surface area (Å²) >= 11 is 0. The van der Waals surface area contributed by atoms with E-state index >= 15 is 0 Å². The van der Waals surface area contributed by atoms with Crippen LogP contribution in [0.15, 0.2) is 48.5 Å². The number of fused-ring (bicyclic) bond motifs is 1.